The minimum absolute atomic E-state index is 0.0429. The molecule has 0 aliphatic heterocycles. The fourth-order valence-electron chi connectivity index (χ4n) is 1.55. The summed E-state index contributed by atoms with van der Waals surface area (Å²) in [6.45, 7) is 5.94. The van der Waals surface area contributed by atoms with E-state index in [4.69, 9.17) is 0 Å². The number of Topliss-reactive ketones (excluding diaryl/α,β-unsaturated/α-hetero) is 1. The van der Waals surface area contributed by atoms with Gasteiger partial charge in [-0.2, -0.15) is 13.9 Å². The molecule has 0 saturated carbocycles. The number of thioether (sulfide) groups is 1. The molecular weight excluding hydrogens is 270 g/mol. The Labute approximate surface area is 116 Å². The second-order valence-electron chi connectivity index (χ2n) is 4.45. The Hall–Kier alpha value is -1.17. The average molecular weight is 288 g/mol. The van der Waals surface area contributed by atoms with Crippen molar-refractivity contribution in [2.75, 3.05) is 0 Å². The molecule has 0 radical (unpaired) electrons. The first-order chi connectivity index (χ1) is 8.66. The van der Waals surface area contributed by atoms with E-state index in [1.165, 1.54) is 36.5 Å². The third-order valence-electron chi connectivity index (χ3n) is 2.72. The highest BCUT2D eigenvalue weighted by molar-refractivity contribution is 8.09. The Morgan fingerprint density at radius 3 is 2.53 bits per heavy atom. The summed E-state index contributed by atoms with van der Waals surface area (Å²) < 4.78 is 27.9. The summed E-state index contributed by atoms with van der Waals surface area (Å²) in [6.07, 6.45) is 1.78. The van der Waals surface area contributed by atoms with Gasteiger partial charge in [-0.15, -0.1) is 11.8 Å². The van der Waals surface area contributed by atoms with Crippen LogP contribution >= 0.6 is 11.8 Å². The van der Waals surface area contributed by atoms with Crippen molar-refractivity contribution in [3.63, 3.8) is 0 Å². The Kier molecular flexibility index (Phi) is 4.90. The maximum Gasteiger partial charge on any atom is 0.286 e. The summed E-state index contributed by atoms with van der Waals surface area (Å²) in [7, 11) is 1.49. The molecule has 0 aliphatic rings. The van der Waals surface area contributed by atoms with Gasteiger partial charge in [0.1, 0.15) is 11.5 Å². The summed E-state index contributed by atoms with van der Waals surface area (Å²) >= 11 is 1.33. The molecule has 0 bridgehead atoms. The molecular formula is C13H18F2N2OS. The maximum absolute atomic E-state index is 13.3. The van der Waals surface area contributed by atoms with E-state index in [2.05, 4.69) is 5.10 Å². The van der Waals surface area contributed by atoms with Gasteiger partial charge in [0.25, 0.3) is 5.92 Å². The lowest BCUT2D eigenvalue weighted by Gasteiger charge is -2.09. The Morgan fingerprint density at radius 2 is 2.16 bits per heavy atom. The summed E-state index contributed by atoms with van der Waals surface area (Å²) in [5, 5.41) is 3.87. The summed E-state index contributed by atoms with van der Waals surface area (Å²) in [4.78, 5) is 12.0. The highest BCUT2D eigenvalue weighted by Gasteiger charge is 2.29. The van der Waals surface area contributed by atoms with Gasteiger partial charge in [0, 0.05) is 18.9 Å². The van der Waals surface area contributed by atoms with Gasteiger partial charge in [0.05, 0.1) is 10.9 Å². The largest absolute Gasteiger partial charge is 0.299 e. The van der Waals surface area contributed by atoms with Crippen LogP contribution in [0.1, 0.15) is 39.1 Å². The lowest BCUT2D eigenvalue weighted by molar-refractivity contribution is -0.116. The zero-order chi connectivity index (χ0) is 14.8. The first-order valence-electron chi connectivity index (χ1n) is 5.93. The standard InChI is InChI=1S/C13H18F2N2OS/c1-6-11(19-9(3)8(2)18)10-7-12(13(4,14)15)17(5)16-10/h6-7,9H,1-5H3/b11-6-. The number of aryl methyl sites for hydroxylation is 1. The van der Waals surface area contributed by atoms with Crippen LogP contribution in [0.4, 0.5) is 8.78 Å². The van der Waals surface area contributed by atoms with Crippen LogP contribution < -0.4 is 0 Å². The molecule has 0 N–H and O–H groups in total. The Bertz CT molecular complexity index is 503. The molecule has 3 nitrogen and oxygen atoms in total. The van der Waals surface area contributed by atoms with Crippen LogP contribution in [0.15, 0.2) is 12.1 Å². The van der Waals surface area contributed by atoms with Crippen molar-refractivity contribution in [2.24, 2.45) is 7.05 Å². The normalized spacial score (nSPS) is 14.6. The predicted molar refractivity (Wildman–Crippen MR) is 74.2 cm³/mol. The summed E-state index contributed by atoms with van der Waals surface area (Å²) in [5.74, 6) is -2.89. The van der Waals surface area contributed by atoms with Crippen molar-refractivity contribution < 1.29 is 13.6 Å². The lowest BCUT2D eigenvalue weighted by Crippen LogP contribution is -2.12. The zero-order valence-corrected chi connectivity index (χ0v) is 12.5. The first-order valence-corrected chi connectivity index (χ1v) is 6.81. The molecule has 0 fully saturated rings. The number of nitrogens with zero attached hydrogens (tertiary/aromatic N) is 2. The molecule has 1 unspecified atom stereocenters. The van der Waals surface area contributed by atoms with E-state index in [1.807, 2.05) is 0 Å². The van der Waals surface area contributed by atoms with E-state index in [-0.39, 0.29) is 16.7 Å². The average Bonchev–Trinajstić information content (AvgIpc) is 2.67. The minimum atomic E-state index is -2.93. The van der Waals surface area contributed by atoms with Crippen molar-refractivity contribution in [2.45, 2.75) is 38.9 Å². The monoisotopic (exact) mass is 288 g/mol. The molecule has 106 valence electrons. The molecule has 19 heavy (non-hydrogen) atoms. The molecule has 1 aromatic rings. The van der Waals surface area contributed by atoms with E-state index in [0.717, 1.165) is 11.8 Å². The van der Waals surface area contributed by atoms with Crippen molar-refractivity contribution in [1.29, 1.82) is 0 Å². The number of carbonyl (C=O) groups is 1. The van der Waals surface area contributed by atoms with Gasteiger partial charge in [0.2, 0.25) is 0 Å². The van der Waals surface area contributed by atoms with E-state index in [1.54, 1.807) is 19.9 Å². The predicted octanol–water partition coefficient (Wildman–Crippen LogP) is 3.60. The second-order valence-corrected chi connectivity index (χ2v) is 5.83. The SMILES string of the molecule is C/C=C(\SC(C)C(C)=O)c1cc(C(C)(F)F)n(C)n1. The van der Waals surface area contributed by atoms with Crippen LogP contribution in [0.3, 0.4) is 0 Å². The van der Waals surface area contributed by atoms with E-state index in [9.17, 15) is 13.6 Å². The number of hydrogen-bond donors (Lipinski definition) is 0. The van der Waals surface area contributed by atoms with Crippen molar-refractivity contribution in [3.8, 4) is 0 Å². The van der Waals surface area contributed by atoms with Crippen molar-refractivity contribution in [1.82, 2.24) is 9.78 Å². The minimum Gasteiger partial charge on any atom is -0.299 e. The number of rotatable bonds is 5. The molecule has 1 rings (SSSR count). The van der Waals surface area contributed by atoms with Gasteiger partial charge >= 0.3 is 0 Å². The number of halogens is 2. The van der Waals surface area contributed by atoms with E-state index in [0.29, 0.717) is 5.69 Å². The third-order valence-corrected chi connectivity index (χ3v) is 4.10. The van der Waals surface area contributed by atoms with Crippen molar-refractivity contribution >= 4 is 22.5 Å². The maximum atomic E-state index is 13.3. The van der Waals surface area contributed by atoms with Gasteiger partial charge in [-0.05, 0) is 26.8 Å². The highest BCUT2D eigenvalue weighted by Crippen LogP contribution is 2.34. The Balaban J connectivity index is 3.05. The van der Waals surface area contributed by atoms with Gasteiger partial charge in [-0.25, -0.2) is 0 Å². The topological polar surface area (TPSA) is 34.9 Å². The second kappa shape index (κ2) is 5.86. The molecule has 0 aromatic carbocycles. The smallest absolute Gasteiger partial charge is 0.286 e. The quantitative estimate of drug-likeness (QED) is 0.830. The van der Waals surface area contributed by atoms with Crippen LogP contribution in [0.25, 0.3) is 4.91 Å². The van der Waals surface area contributed by atoms with E-state index >= 15 is 0 Å². The zero-order valence-electron chi connectivity index (χ0n) is 11.7. The van der Waals surface area contributed by atoms with Crippen LogP contribution in [0.2, 0.25) is 0 Å². The Morgan fingerprint density at radius 1 is 1.58 bits per heavy atom. The first kappa shape index (κ1) is 15.9. The molecule has 0 saturated heterocycles. The molecule has 0 spiro atoms. The van der Waals surface area contributed by atoms with Gasteiger partial charge in [-0.1, -0.05) is 6.08 Å². The number of alkyl halides is 2. The van der Waals surface area contributed by atoms with Crippen LogP contribution in [-0.4, -0.2) is 20.8 Å². The van der Waals surface area contributed by atoms with Crippen LogP contribution in [0, 0.1) is 0 Å². The highest BCUT2D eigenvalue weighted by atomic mass is 32.2. The van der Waals surface area contributed by atoms with Gasteiger partial charge in [-0.3, -0.25) is 9.48 Å². The fourth-order valence-corrected chi connectivity index (χ4v) is 2.45. The third kappa shape index (κ3) is 3.89. The molecule has 0 aliphatic carbocycles. The fraction of sp³-hybridized carbons (Fsp3) is 0.538. The molecule has 6 heteroatoms. The number of aromatic nitrogens is 2. The number of hydrogen-bond acceptors (Lipinski definition) is 3. The number of allylic oxidation sites excluding steroid dienone is 1. The van der Waals surface area contributed by atoms with Gasteiger partial charge in [0.15, 0.2) is 0 Å². The molecule has 1 heterocycles. The summed E-state index contributed by atoms with van der Waals surface area (Å²) in [6, 6.07) is 1.37. The molecule has 1 atom stereocenters. The lowest BCUT2D eigenvalue weighted by atomic mass is 10.2. The van der Waals surface area contributed by atoms with Crippen LogP contribution in [-0.2, 0) is 17.8 Å². The number of ketones is 1. The molecule has 0 amide bonds. The summed E-state index contributed by atoms with van der Waals surface area (Å²) in [5.41, 5.74) is 0.331. The van der Waals surface area contributed by atoms with Crippen LogP contribution in [0.5, 0.6) is 0 Å². The number of carbonyl (C=O) groups excluding carboxylic acids is 1. The molecule has 1 aromatic heterocycles. The van der Waals surface area contributed by atoms with Gasteiger partial charge < -0.3 is 0 Å². The van der Waals surface area contributed by atoms with Crippen molar-refractivity contribution in [3.05, 3.63) is 23.5 Å². The van der Waals surface area contributed by atoms with E-state index < -0.39 is 5.92 Å².